The van der Waals surface area contributed by atoms with Crippen molar-refractivity contribution in [2.24, 2.45) is 39.7 Å². The van der Waals surface area contributed by atoms with Crippen LogP contribution >= 0.6 is 22.6 Å². The molecule has 7 aliphatic rings. The Kier molecular flexibility index (Phi) is 27.0. The number of nitrogens with zero attached hydrogens (tertiary/aromatic N) is 10. The number of fused-ring (bicyclic) bond motifs is 6. The first kappa shape index (κ1) is 82.0. The van der Waals surface area contributed by atoms with Crippen molar-refractivity contribution in [1.29, 1.82) is 0 Å². The summed E-state index contributed by atoms with van der Waals surface area (Å²) in [6.07, 6.45) is 7.75. The Morgan fingerprint density at radius 3 is 1.48 bits per heavy atom. The summed E-state index contributed by atoms with van der Waals surface area (Å²) in [7, 11) is -5.54. The van der Waals surface area contributed by atoms with Crippen molar-refractivity contribution < 1.29 is 64.8 Å². The molecule has 0 spiro atoms. The second-order valence-corrected chi connectivity index (χ2v) is 58.5. The maximum atomic E-state index is 13.1. The fraction of sp³-hybridized carbons (Fsp3) is 0.694. The molecule has 0 aromatic carbocycles. The van der Waals surface area contributed by atoms with Gasteiger partial charge in [-0.05, 0) is 126 Å². The van der Waals surface area contributed by atoms with Gasteiger partial charge in [0.2, 0.25) is 0 Å². The van der Waals surface area contributed by atoms with E-state index in [0.717, 1.165) is 107 Å². The molecule has 4 aromatic heterocycles. The zero-order valence-electron chi connectivity index (χ0n) is 62.9. The van der Waals surface area contributed by atoms with Crippen LogP contribution in [-0.4, -0.2) is 173 Å². The van der Waals surface area contributed by atoms with Crippen LogP contribution in [0.5, 0.6) is 0 Å². The van der Waals surface area contributed by atoms with Crippen LogP contribution in [0.3, 0.4) is 0 Å². The summed E-state index contributed by atoms with van der Waals surface area (Å²) in [5, 5.41) is 30.1. The van der Waals surface area contributed by atoms with Crippen LogP contribution in [0.2, 0.25) is 103 Å². The summed E-state index contributed by atoms with van der Waals surface area (Å²) in [5.41, 5.74) is 2.61. The Bertz CT molecular complexity index is 3480. The molecule has 1 saturated heterocycles. The summed E-state index contributed by atoms with van der Waals surface area (Å²) >= 11 is 2.32. The predicted octanol–water partition coefficient (Wildman–Crippen LogP) is 16.9. The minimum absolute atomic E-state index is 0.322. The van der Waals surface area contributed by atoms with E-state index in [0.29, 0.717) is 74.2 Å². The number of alkyl halides is 6. The van der Waals surface area contributed by atoms with Crippen molar-refractivity contribution in [3.05, 3.63) is 87.3 Å². The van der Waals surface area contributed by atoms with Crippen molar-refractivity contribution in [1.82, 2.24) is 34.5 Å². The Labute approximate surface area is 619 Å². The van der Waals surface area contributed by atoms with Crippen molar-refractivity contribution in [3.63, 3.8) is 0 Å². The first-order valence-corrected chi connectivity index (χ1v) is 52.3. The molecule has 7 heterocycles. The Morgan fingerprint density at radius 2 is 1.06 bits per heavy atom. The number of hydrogen-bond donors (Lipinski definition) is 2. The number of anilines is 1. The van der Waals surface area contributed by atoms with Crippen LogP contribution < -0.4 is 10.4 Å². The normalized spacial score (nSPS) is 23.1. The molecule has 5 fully saturated rings. The molecule has 8 atom stereocenters. The molecule has 4 unspecified atom stereocenters. The number of halogens is 7. The fourth-order valence-electron chi connectivity index (χ4n) is 13.7. The second-order valence-electron chi connectivity index (χ2n) is 34.9. The standard InChI is InChI=1S/C33H50F3N5O3Si2.C26H44IN4O2Si2.C13H17BF3NO3/c1-45(2,3)13-11-43-21-40(22-44-12-14-46(4,5)6)30-18-29(26-16-23-7-8-24(15-23)17-26)39-32-27(20-38-41(30)32)25-9-10-28(37-19-25)31(42)33(34,35)36;1-34(2,3)11-9-32-18-30(19-33-10-12-35(4,5)6)25-16-24(29-26-23(27)17-28-31(25)26)22-14-20-7-8-21(13-20)15-22;1-11(2)12(3,4)21-14(20-11)8-5-6-9(18-7-8)10(19)13(15,16)17/h9-10,18-20,23-24,26,31,42H,7-8,11-17,21-22H2,1-6H3;16,20-22H,7-15,18-19H2,1-6H3;5-7,10,19H,1-4H3/q;+1;/t23-,24+,26?,31?;20-,21+,22?;. The molecule has 564 valence electrons. The molecular weight excluding hydrogens is 1500 g/mol. The molecule has 102 heavy (non-hydrogen) atoms. The monoisotopic (exact) mass is 1610 g/mol. The molecule has 0 radical (unpaired) electrons. The highest BCUT2D eigenvalue weighted by Crippen LogP contribution is 2.50. The fourth-order valence-corrected chi connectivity index (χ4v) is 17.2. The summed E-state index contributed by atoms with van der Waals surface area (Å²) < 4.78 is 116. The van der Waals surface area contributed by atoms with E-state index in [2.05, 4.69) is 144 Å². The number of pyridine rings is 2. The average molecular weight is 1610 g/mol. The highest BCUT2D eigenvalue weighted by atomic mass is 127. The molecule has 0 amide bonds. The number of allylic oxidation sites excluding steroid dienone is 2. The summed E-state index contributed by atoms with van der Waals surface area (Å²) in [6, 6.07) is 11.9. The van der Waals surface area contributed by atoms with E-state index < -0.39 is 86.6 Å². The number of hydrogen-bond acceptors (Lipinski definition) is 17. The highest BCUT2D eigenvalue weighted by molar-refractivity contribution is 14.1. The van der Waals surface area contributed by atoms with Gasteiger partial charge in [-0.2, -0.15) is 36.0 Å². The Hall–Kier alpha value is -4.03. The molecule has 4 aromatic rings. The average Bonchev–Trinajstić information content (AvgIpc) is 1.59. The van der Waals surface area contributed by atoms with Crippen LogP contribution in [0, 0.1) is 29.6 Å². The molecule has 2 N–H and O–H groups in total. The quantitative estimate of drug-likeness (QED) is 0.0136. The number of aliphatic hydroxyl groups excluding tert-OH is 2. The largest absolute Gasteiger partial charge is 0.496 e. The zero-order valence-corrected chi connectivity index (χ0v) is 69.1. The van der Waals surface area contributed by atoms with Gasteiger partial charge in [-0.3, -0.25) is 9.97 Å². The molecule has 11 rings (SSSR count). The minimum Gasteiger partial charge on any atom is -0.399 e. The number of hydrazone groups is 1. The molecule has 18 nitrogen and oxygen atoms in total. The van der Waals surface area contributed by atoms with E-state index in [-0.39, 0.29) is 0 Å². The van der Waals surface area contributed by atoms with Crippen LogP contribution in [0.25, 0.3) is 16.8 Å². The molecule has 4 bridgehead atoms. The number of rotatable bonds is 28. The number of aliphatic imine (C=N–C) groups is 1. The SMILES string of the molecule is CC1(C)OB(c2ccc(C(O)C(F)(F)F)nc2)OC1(C)C.C[Si](C)(C)CCOCN(COCC[Si](C)(C)C)C1=CC(C2C[C@H]3CC[C@@H](C2)C3)=NC2=C(I)[C+]=NN12.C[Si](C)(C)CCOCN(COCC[Si](C)(C)C)c1cc(C2C[C@H]3CC[C@@H](C2)C3)nc2c(-c3ccc(C(O)C(F)(F)F)nc3)cnn12. The number of ether oxygens (including phenoxy) is 4. The summed E-state index contributed by atoms with van der Waals surface area (Å²) in [4.78, 5) is 22.2. The second kappa shape index (κ2) is 33.6. The third-order valence-corrected chi connectivity index (χ3v) is 28.2. The van der Waals surface area contributed by atoms with Gasteiger partial charge in [0.15, 0.2) is 23.7 Å². The van der Waals surface area contributed by atoms with Gasteiger partial charge in [-0.15, -0.1) is 4.99 Å². The van der Waals surface area contributed by atoms with E-state index in [1.165, 1.54) is 81.6 Å². The predicted molar refractivity (Wildman–Crippen MR) is 411 cm³/mol. The summed E-state index contributed by atoms with van der Waals surface area (Å²) in [5.74, 6) is 6.80. The van der Waals surface area contributed by atoms with Gasteiger partial charge in [0.25, 0.3) is 6.21 Å². The van der Waals surface area contributed by atoms with E-state index in [4.69, 9.17) is 48.4 Å². The molecular formula is C72H111BF6IN10O8Si4+. The number of aromatic nitrogens is 5. The Morgan fingerprint density at radius 1 is 0.618 bits per heavy atom. The lowest BCUT2D eigenvalue weighted by molar-refractivity contribution is -0.208. The van der Waals surface area contributed by atoms with Gasteiger partial charge in [0, 0.05) is 145 Å². The highest BCUT2D eigenvalue weighted by Gasteiger charge is 2.52. The van der Waals surface area contributed by atoms with Crippen LogP contribution in [-0.2, 0) is 28.3 Å². The maximum absolute atomic E-state index is 13.1. The van der Waals surface area contributed by atoms with Gasteiger partial charge < -0.3 is 48.3 Å². The van der Waals surface area contributed by atoms with E-state index in [9.17, 15) is 31.4 Å². The molecule has 3 aliphatic heterocycles. The third kappa shape index (κ3) is 22.8. The van der Waals surface area contributed by atoms with E-state index >= 15 is 0 Å². The van der Waals surface area contributed by atoms with Gasteiger partial charge >= 0.3 is 28.9 Å². The van der Waals surface area contributed by atoms with Crippen LogP contribution in [0.4, 0.5) is 32.2 Å². The summed E-state index contributed by atoms with van der Waals surface area (Å²) in [6.45, 7) is 40.5. The van der Waals surface area contributed by atoms with Crippen LogP contribution in [0.1, 0.15) is 127 Å². The van der Waals surface area contributed by atoms with Gasteiger partial charge in [0.05, 0.1) is 34.5 Å². The first-order chi connectivity index (χ1) is 47.5. The molecule has 4 aliphatic carbocycles. The third-order valence-electron chi connectivity index (χ3n) is 20.7. The first-order valence-electron chi connectivity index (χ1n) is 36.4. The van der Waals surface area contributed by atoms with Crippen molar-refractivity contribution in [3.8, 4) is 11.1 Å². The zero-order chi connectivity index (χ0) is 74.5. The lowest BCUT2D eigenvalue weighted by atomic mass is 9.78. The van der Waals surface area contributed by atoms with E-state index in [1.54, 1.807) is 16.8 Å². The molecule has 30 heteroatoms. The topological polar surface area (TPSA) is 186 Å². The maximum Gasteiger partial charge on any atom is 0.496 e. The van der Waals surface area contributed by atoms with Crippen molar-refractivity contribution in [2.45, 2.75) is 236 Å². The van der Waals surface area contributed by atoms with Crippen molar-refractivity contribution >= 4 is 90.9 Å². The smallest absolute Gasteiger partial charge is 0.399 e. The van der Waals surface area contributed by atoms with Crippen LogP contribution in [0.15, 0.2) is 80.3 Å². The molecule has 4 saturated carbocycles. The van der Waals surface area contributed by atoms with Gasteiger partial charge in [0.1, 0.15) is 32.7 Å². The lowest BCUT2D eigenvalue weighted by Crippen LogP contribution is -2.41. The Balaban J connectivity index is 0.000000190. The van der Waals surface area contributed by atoms with Crippen molar-refractivity contribution in [2.75, 3.05) is 58.3 Å². The minimum atomic E-state index is -4.79. The van der Waals surface area contributed by atoms with Gasteiger partial charge in [-0.1, -0.05) is 121 Å². The lowest BCUT2D eigenvalue weighted by Gasteiger charge is -2.33. The van der Waals surface area contributed by atoms with E-state index in [1.807, 2.05) is 32.7 Å². The van der Waals surface area contributed by atoms with Gasteiger partial charge in [-0.25, -0.2) is 4.98 Å². The number of aliphatic hydroxyl groups is 2.